The van der Waals surface area contributed by atoms with Gasteiger partial charge in [0, 0.05) is 11.6 Å². The van der Waals surface area contributed by atoms with E-state index in [4.69, 9.17) is 14.2 Å². The number of rotatable bonds is 7. The molecule has 29 heavy (non-hydrogen) atoms. The SMILES string of the molecule is CC(C)OC(=O)COc1ccc2c(c1)O/C(=C\c1ccccc1OC(F)F)C2=O. The van der Waals surface area contributed by atoms with Crippen molar-refractivity contribution >= 4 is 17.8 Å². The summed E-state index contributed by atoms with van der Waals surface area (Å²) in [4.78, 5) is 24.1. The molecule has 2 aromatic rings. The molecule has 6 nitrogen and oxygen atoms in total. The van der Waals surface area contributed by atoms with Gasteiger partial charge in [0.1, 0.15) is 17.2 Å². The Bertz CT molecular complexity index is 952. The van der Waals surface area contributed by atoms with Crippen LogP contribution in [0.25, 0.3) is 6.08 Å². The average molecular weight is 404 g/mol. The Morgan fingerprint density at radius 2 is 1.93 bits per heavy atom. The summed E-state index contributed by atoms with van der Waals surface area (Å²) in [5, 5.41) is 0. The molecule has 3 rings (SSSR count). The lowest BCUT2D eigenvalue weighted by atomic mass is 10.1. The summed E-state index contributed by atoms with van der Waals surface area (Å²) < 4.78 is 45.5. The molecule has 1 heterocycles. The van der Waals surface area contributed by atoms with Crippen LogP contribution in [0, 0.1) is 0 Å². The highest BCUT2D eigenvalue weighted by atomic mass is 19.3. The number of para-hydroxylation sites is 1. The highest BCUT2D eigenvalue weighted by molar-refractivity contribution is 6.14. The van der Waals surface area contributed by atoms with Gasteiger partial charge in [-0.05, 0) is 38.1 Å². The van der Waals surface area contributed by atoms with Gasteiger partial charge in [0.2, 0.25) is 5.78 Å². The van der Waals surface area contributed by atoms with Crippen LogP contribution in [0.1, 0.15) is 29.8 Å². The molecule has 0 unspecified atom stereocenters. The van der Waals surface area contributed by atoms with Crippen LogP contribution in [0.2, 0.25) is 0 Å². The van der Waals surface area contributed by atoms with Crippen LogP contribution in [-0.2, 0) is 9.53 Å². The van der Waals surface area contributed by atoms with E-state index in [1.54, 1.807) is 26.0 Å². The minimum absolute atomic E-state index is 0.0401. The molecule has 0 aliphatic carbocycles. The molecule has 0 radical (unpaired) electrons. The molecule has 0 spiro atoms. The summed E-state index contributed by atoms with van der Waals surface area (Å²) >= 11 is 0. The number of hydrogen-bond acceptors (Lipinski definition) is 6. The zero-order chi connectivity index (χ0) is 21.0. The number of alkyl halides is 2. The van der Waals surface area contributed by atoms with E-state index in [0.29, 0.717) is 11.3 Å². The third-order valence-electron chi connectivity index (χ3n) is 3.79. The van der Waals surface area contributed by atoms with E-state index in [2.05, 4.69) is 4.74 Å². The number of Topliss-reactive ketones (excluding diaryl/α,β-unsaturated/α-hetero) is 1. The number of benzene rings is 2. The fraction of sp³-hybridized carbons (Fsp3) is 0.238. The van der Waals surface area contributed by atoms with Crippen LogP contribution in [-0.4, -0.2) is 31.1 Å². The smallest absolute Gasteiger partial charge is 0.387 e. The number of ether oxygens (including phenoxy) is 4. The fourth-order valence-corrected chi connectivity index (χ4v) is 2.64. The van der Waals surface area contributed by atoms with Crippen molar-refractivity contribution in [3.05, 3.63) is 59.4 Å². The lowest BCUT2D eigenvalue weighted by Crippen LogP contribution is -2.18. The van der Waals surface area contributed by atoms with Gasteiger partial charge >= 0.3 is 12.6 Å². The van der Waals surface area contributed by atoms with Crippen LogP contribution in [0.4, 0.5) is 8.78 Å². The van der Waals surface area contributed by atoms with Crippen LogP contribution in [0.3, 0.4) is 0 Å². The number of esters is 1. The summed E-state index contributed by atoms with van der Waals surface area (Å²) in [6, 6.07) is 10.6. The summed E-state index contributed by atoms with van der Waals surface area (Å²) in [6.45, 7) is 0.177. The second-order valence-corrected chi connectivity index (χ2v) is 6.34. The predicted molar refractivity (Wildman–Crippen MR) is 99.2 cm³/mol. The van der Waals surface area contributed by atoms with Gasteiger partial charge in [0.05, 0.1) is 11.7 Å². The minimum Gasteiger partial charge on any atom is -0.482 e. The highest BCUT2D eigenvalue weighted by Gasteiger charge is 2.28. The maximum absolute atomic E-state index is 12.6. The Balaban J connectivity index is 1.76. The molecule has 1 aliphatic rings. The first kappa shape index (κ1) is 20.3. The Morgan fingerprint density at radius 1 is 1.17 bits per heavy atom. The first-order valence-electron chi connectivity index (χ1n) is 8.78. The van der Waals surface area contributed by atoms with Crippen LogP contribution in [0.15, 0.2) is 48.2 Å². The van der Waals surface area contributed by atoms with Gasteiger partial charge in [-0.15, -0.1) is 0 Å². The maximum Gasteiger partial charge on any atom is 0.387 e. The molecule has 0 bridgehead atoms. The van der Waals surface area contributed by atoms with E-state index in [9.17, 15) is 18.4 Å². The molecule has 1 aliphatic heterocycles. The van der Waals surface area contributed by atoms with E-state index < -0.39 is 18.4 Å². The lowest BCUT2D eigenvalue weighted by molar-refractivity contribution is -0.149. The first-order valence-corrected chi connectivity index (χ1v) is 8.78. The normalized spacial score (nSPS) is 14.1. The third kappa shape index (κ3) is 5.10. The van der Waals surface area contributed by atoms with Gasteiger partial charge in [-0.1, -0.05) is 18.2 Å². The van der Waals surface area contributed by atoms with Gasteiger partial charge in [0.15, 0.2) is 12.4 Å². The Morgan fingerprint density at radius 3 is 2.66 bits per heavy atom. The predicted octanol–water partition coefficient (Wildman–Crippen LogP) is 4.23. The second kappa shape index (κ2) is 8.72. The molecule has 0 aromatic heterocycles. The summed E-state index contributed by atoms with van der Waals surface area (Å²) in [6.07, 6.45) is 1.08. The molecule has 152 valence electrons. The molecule has 0 amide bonds. The van der Waals surface area contributed by atoms with Crippen molar-refractivity contribution in [3.63, 3.8) is 0 Å². The van der Waals surface area contributed by atoms with Gasteiger partial charge in [0.25, 0.3) is 0 Å². The Kier molecular flexibility index (Phi) is 6.11. The molecular formula is C21H18F2O6. The number of hydrogen-bond donors (Lipinski definition) is 0. The van der Waals surface area contributed by atoms with Gasteiger partial charge < -0.3 is 18.9 Å². The average Bonchev–Trinajstić information content (AvgIpc) is 2.96. The first-order chi connectivity index (χ1) is 13.8. The van der Waals surface area contributed by atoms with Gasteiger partial charge in [-0.25, -0.2) is 4.79 Å². The van der Waals surface area contributed by atoms with Crippen LogP contribution >= 0.6 is 0 Å². The minimum atomic E-state index is -2.99. The second-order valence-electron chi connectivity index (χ2n) is 6.34. The molecule has 0 fully saturated rings. The quantitative estimate of drug-likeness (QED) is 0.508. The number of carbonyl (C=O) groups is 2. The maximum atomic E-state index is 12.6. The lowest BCUT2D eigenvalue weighted by Gasteiger charge is -2.09. The number of allylic oxidation sites excluding steroid dienone is 1. The van der Waals surface area contributed by atoms with E-state index in [-0.39, 0.29) is 35.5 Å². The number of carbonyl (C=O) groups excluding carboxylic acids is 2. The Labute approximate surface area is 165 Å². The van der Waals surface area contributed by atoms with Gasteiger partial charge in [-0.2, -0.15) is 8.78 Å². The molecular weight excluding hydrogens is 386 g/mol. The van der Waals surface area contributed by atoms with Crippen molar-refractivity contribution in [2.24, 2.45) is 0 Å². The van der Waals surface area contributed by atoms with Crippen LogP contribution in [0.5, 0.6) is 17.2 Å². The van der Waals surface area contributed by atoms with E-state index >= 15 is 0 Å². The molecule has 8 heteroatoms. The summed E-state index contributed by atoms with van der Waals surface area (Å²) in [5.74, 6) is -0.480. The summed E-state index contributed by atoms with van der Waals surface area (Å²) in [7, 11) is 0. The monoisotopic (exact) mass is 404 g/mol. The zero-order valence-corrected chi connectivity index (χ0v) is 15.7. The number of ketones is 1. The van der Waals surface area contributed by atoms with E-state index in [0.717, 1.165) is 0 Å². The third-order valence-corrected chi connectivity index (χ3v) is 3.79. The van der Waals surface area contributed by atoms with Crippen molar-refractivity contribution in [1.29, 1.82) is 0 Å². The van der Waals surface area contributed by atoms with Crippen LogP contribution < -0.4 is 14.2 Å². The zero-order valence-electron chi connectivity index (χ0n) is 15.7. The Hall–Kier alpha value is -3.42. The highest BCUT2D eigenvalue weighted by Crippen LogP contribution is 2.35. The van der Waals surface area contributed by atoms with Crippen molar-refractivity contribution < 1.29 is 37.3 Å². The summed E-state index contributed by atoms with van der Waals surface area (Å²) in [5.41, 5.74) is 0.567. The van der Waals surface area contributed by atoms with Gasteiger partial charge in [-0.3, -0.25) is 4.79 Å². The van der Waals surface area contributed by atoms with Crippen molar-refractivity contribution in [1.82, 2.24) is 0 Å². The van der Waals surface area contributed by atoms with Crippen molar-refractivity contribution in [2.75, 3.05) is 6.61 Å². The topological polar surface area (TPSA) is 71.1 Å². The molecule has 2 aromatic carbocycles. The molecule has 0 atom stereocenters. The fourth-order valence-electron chi connectivity index (χ4n) is 2.64. The van der Waals surface area contributed by atoms with Crippen molar-refractivity contribution in [3.8, 4) is 17.2 Å². The largest absolute Gasteiger partial charge is 0.482 e. The number of halogens is 2. The van der Waals surface area contributed by atoms with Crippen molar-refractivity contribution in [2.45, 2.75) is 26.6 Å². The van der Waals surface area contributed by atoms with E-state index in [1.807, 2.05) is 0 Å². The molecule has 0 N–H and O–H groups in total. The number of fused-ring (bicyclic) bond motifs is 1. The molecule has 0 saturated carbocycles. The molecule has 0 saturated heterocycles. The standard InChI is InChI=1S/C21H18F2O6/c1-12(2)27-19(24)11-26-14-7-8-15-17(10-14)28-18(20(15)25)9-13-5-3-4-6-16(13)29-21(22)23/h3-10,12,21H,11H2,1-2H3/b18-9-. The van der Waals surface area contributed by atoms with E-state index in [1.165, 1.54) is 36.4 Å².